The zero-order chi connectivity index (χ0) is 11.0. The molecule has 0 amide bonds. The van der Waals surface area contributed by atoms with Crippen molar-refractivity contribution in [3.63, 3.8) is 0 Å². The Morgan fingerprint density at radius 3 is 2.69 bits per heavy atom. The third kappa shape index (κ3) is 1.78. The maximum absolute atomic E-state index is 5.51. The van der Waals surface area contributed by atoms with Crippen LogP contribution >= 0.6 is 27.3 Å². The van der Waals surface area contributed by atoms with Crippen LogP contribution in [0.5, 0.6) is 11.5 Å². The number of halogens is 1. The van der Waals surface area contributed by atoms with Crippen molar-refractivity contribution in [3.8, 4) is 22.1 Å². The van der Waals surface area contributed by atoms with Gasteiger partial charge in [-0.3, -0.25) is 0 Å². The van der Waals surface area contributed by atoms with Crippen molar-refractivity contribution in [2.24, 2.45) is 0 Å². The molecule has 0 saturated carbocycles. The van der Waals surface area contributed by atoms with Gasteiger partial charge >= 0.3 is 0 Å². The first-order chi connectivity index (χ1) is 7.83. The number of ether oxygens (including phenoxy) is 2. The lowest BCUT2D eigenvalue weighted by Crippen LogP contribution is -2.15. The highest BCUT2D eigenvalue weighted by molar-refractivity contribution is 9.11. The van der Waals surface area contributed by atoms with E-state index in [1.807, 2.05) is 18.2 Å². The minimum atomic E-state index is 0.594. The second-order valence-electron chi connectivity index (χ2n) is 3.22. The first-order valence-electron chi connectivity index (χ1n) is 4.72. The zero-order valence-corrected chi connectivity index (χ0v) is 10.5. The number of aromatic nitrogens is 2. The summed E-state index contributed by atoms with van der Waals surface area (Å²) in [6.45, 7) is 1.20. The molecule has 0 aliphatic carbocycles. The lowest BCUT2D eigenvalue weighted by atomic mass is 10.2. The van der Waals surface area contributed by atoms with E-state index >= 15 is 0 Å². The molecule has 0 bridgehead atoms. The number of hydrogen-bond donors (Lipinski definition) is 0. The molecule has 1 aromatic carbocycles. The van der Waals surface area contributed by atoms with E-state index in [1.165, 1.54) is 11.3 Å². The average Bonchev–Trinajstić information content (AvgIpc) is 2.75. The summed E-state index contributed by atoms with van der Waals surface area (Å²) < 4.78 is 11.7. The molecule has 0 radical (unpaired) electrons. The highest BCUT2D eigenvalue weighted by Crippen LogP contribution is 2.35. The molecule has 0 saturated heterocycles. The summed E-state index contributed by atoms with van der Waals surface area (Å²) in [5.41, 5.74) is 0.993. The molecule has 1 aromatic heterocycles. The predicted octanol–water partition coefficient (Wildman–Crippen LogP) is 2.74. The molecule has 3 rings (SSSR count). The van der Waals surface area contributed by atoms with E-state index in [2.05, 4.69) is 26.1 Å². The molecule has 0 N–H and O–H groups in total. The van der Waals surface area contributed by atoms with Crippen molar-refractivity contribution in [2.75, 3.05) is 13.2 Å². The molecule has 0 fully saturated rings. The van der Waals surface area contributed by atoms with Gasteiger partial charge in [0.1, 0.15) is 18.2 Å². The number of rotatable bonds is 1. The Labute approximate surface area is 104 Å². The first-order valence-corrected chi connectivity index (χ1v) is 6.33. The van der Waals surface area contributed by atoms with Gasteiger partial charge in [-0.1, -0.05) is 11.3 Å². The summed E-state index contributed by atoms with van der Waals surface area (Å²) >= 11 is 4.78. The monoisotopic (exact) mass is 298 g/mol. The quantitative estimate of drug-likeness (QED) is 0.812. The second kappa shape index (κ2) is 4.03. The van der Waals surface area contributed by atoms with Gasteiger partial charge in [0.15, 0.2) is 15.4 Å². The van der Waals surface area contributed by atoms with Crippen molar-refractivity contribution in [2.45, 2.75) is 0 Å². The Morgan fingerprint density at radius 2 is 1.94 bits per heavy atom. The molecule has 2 heterocycles. The van der Waals surface area contributed by atoms with Gasteiger partial charge in [0, 0.05) is 5.56 Å². The van der Waals surface area contributed by atoms with E-state index < -0.39 is 0 Å². The summed E-state index contributed by atoms with van der Waals surface area (Å²) in [7, 11) is 0. The zero-order valence-electron chi connectivity index (χ0n) is 8.14. The van der Waals surface area contributed by atoms with E-state index in [0.717, 1.165) is 26.0 Å². The SMILES string of the molecule is Brc1nnc(-c2ccc3c(c2)OCCO3)s1. The predicted molar refractivity (Wildman–Crippen MR) is 64.0 cm³/mol. The smallest absolute Gasteiger partial charge is 0.183 e. The lowest BCUT2D eigenvalue weighted by Gasteiger charge is -2.18. The largest absolute Gasteiger partial charge is 0.486 e. The van der Waals surface area contributed by atoms with Gasteiger partial charge in [0.05, 0.1) is 0 Å². The Bertz CT molecular complexity index is 529. The van der Waals surface area contributed by atoms with E-state index in [-0.39, 0.29) is 0 Å². The minimum Gasteiger partial charge on any atom is -0.486 e. The van der Waals surface area contributed by atoms with Crippen molar-refractivity contribution >= 4 is 27.3 Å². The number of hydrogen-bond acceptors (Lipinski definition) is 5. The molecule has 16 heavy (non-hydrogen) atoms. The van der Waals surface area contributed by atoms with Crippen LogP contribution in [0.1, 0.15) is 0 Å². The van der Waals surface area contributed by atoms with Crippen LogP contribution in [0.15, 0.2) is 22.1 Å². The fourth-order valence-corrected chi connectivity index (χ4v) is 2.61. The molecule has 1 aliphatic heterocycles. The first kappa shape index (κ1) is 10.0. The molecule has 0 unspecified atom stereocenters. The maximum Gasteiger partial charge on any atom is 0.183 e. The Morgan fingerprint density at radius 1 is 1.12 bits per heavy atom. The van der Waals surface area contributed by atoms with Crippen LogP contribution in [-0.2, 0) is 0 Å². The third-order valence-electron chi connectivity index (χ3n) is 2.19. The molecular weight excluding hydrogens is 292 g/mol. The van der Waals surface area contributed by atoms with Crippen molar-refractivity contribution < 1.29 is 9.47 Å². The van der Waals surface area contributed by atoms with Crippen LogP contribution in [0.3, 0.4) is 0 Å². The van der Waals surface area contributed by atoms with Crippen LogP contribution in [0.25, 0.3) is 10.6 Å². The minimum absolute atomic E-state index is 0.594. The van der Waals surface area contributed by atoms with Crippen LogP contribution < -0.4 is 9.47 Å². The molecule has 6 heteroatoms. The normalized spacial score (nSPS) is 13.8. The van der Waals surface area contributed by atoms with Crippen LogP contribution in [-0.4, -0.2) is 23.4 Å². The van der Waals surface area contributed by atoms with Gasteiger partial charge in [-0.2, -0.15) is 0 Å². The number of fused-ring (bicyclic) bond motifs is 1. The fourth-order valence-electron chi connectivity index (χ4n) is 1.50. The summed E-state index contributed by atoms with van der Waals surface area (Å²) in [5, 5.41) is 8.84. The average molecular weight is 299 g/mol. The van der Waals surface area contributed by atoms with Crippen LogP contribution in [0.2, 0.25) is 0 Å². The topological polar surface area (TPSA) is 44.2 Å². The van der Waals surface area contributed by atoms with Crippen LogP contribution in [0, 0.1) is 0 Å². The van der Waals surface area contributed by atoms with Gasteiger partial charge in [0.2, 0.25) is 0 Å². The summed E-state index contributed by atoms with van der Waals surface area (Å²) in [6, 6.07) is 5.79. The summed E-state index contributed by atoms with van der Waals surface area (Å²) in [4.78, 5) is 0. The van der Waals surface area contributed by atoms with Crippen molar-refractivity contribution in [1.29, 1.82) is 0 Å². The Kier molecular flexibility index (Phi) is 2.53. The lowest BCUT2D eigenvalue weighted by molar-refractivity contribution is 0.171. The molecule has 2 aromatic rings. The molecule has 4 nitrogen and oxygen atoms in total. The van der Waals surface area contributed by atoms with Gasteiger partial charge in [0.25, 0.3) is 0 Å². The van der Waals surface area contributed by atoms with Gasteiger partial charge < -0.3 is 9.47 Å². The standard InChI is InChI=1S/C10H7BrN2O2S/c11-10-13-12-9(16-10)6-1-2-7-8(5-6)15-4-3-14-7/h1-2,5H,3-4H2. The van der Waals surface area contributed by atoms with Crippen molar-refractivity contribution in [3.05, 3.63) is 22.1 Å². The molecule has 0 spiro atoms. The number of nitrogens with zero attached hydrogens (tertiary/aromatic N) is 2. The maximum atomic E-state index is 5.51. The fraction of sp³-hybridized carbons (Fsp3) is 0.200. The van der Waals surface area contributed by atoms with Gasteiger partial charge in [-0.25, -0.2) is 0 Å². The van der Waals surface area contributed by atoms with Gasteiger partial charge in [-0.15, -0.1) is 10.2 Å². The highest BCUT2D eigenvalue weighted by atomic mass is 79.9. The summed E-state index contributed by atoms with van der Waals surface area (Å²) in [6.07, 6.45) is 0. The number of benzene rings is 1. The van der Waals surface area contributed by atoms with Gasteiger partial charge in [-0.05, 0) is 34.1 Å². The molecular formula is C10H7BrN2O2S. The summed E-state index contributed by atoms with van der Waals surface area (Å²) in [5.74, 6) is 1.56. The van der Waals surface area contributed by atoms with E-state index in [0.29, 0.717) is 13.2 Å². The van der Waals surface area contributed by atoms with E-state index in [9.17, 15) is 0 Å². The second-order valence-corrected chi connectivity index (χ2v) is 5.47. The molecule has 0 atom stereocenters. The van der Waals surface area contributed by atoms with Crippen molar-refractivity contribution in [1.82, 2.24) is 10.2 Å². The van der Waals surface area contributed by atoms with E-state index in [1.54, 1.807) is 0 Å². The third-order valence-corrected chi connectivity index (χ3v) is 3.59. The van der Waals surface area contributed by atoms with E-state index in [4.69, 9.17) is 9.47 Å². The highest BCUT2D eigenvalue weighted by Gasteiger charge is 2.13. The van der Waals surface area contributed by atoms with Crippen LogP contribution in [0.4, 0.5) is 0 Å². The molecule has 82 valence electrons. The molecule has 1 aliphatic rings. The Balaban J connectivity index is 2.02. The Hall–Kier alpha value is -1.14.